The van der Waals surface area contributed by atoms with Gasteiger partial charge in [-0.2, -0.15) is 12.6 Å². The van der Waals surface area contributed by atoms with Crippen LogP contribution in [0.2, 0.25) is 0 Å². The first-order valence-electron chi connectivity index (χ1n) is 4.90. The van der Waals surface area contributed by atoms with Crippen LogP contribution in [0.1, 0.15) is 39.5 Å². The van der Waals surface area contributed by atoms with E-state index in [1.54, 1.807) is 0 Å². The van der Waals surface area contributed by atoms with Gasteiger partial charge in [0, 0.05) is 6.42 Å². The Hall–Kier alpha value is -0.510. The van der Waals surface area contributed by atoms with Crippen molar-refractivity contribution in [3.8, 4) is 0 Å². The molecular formula is C10H18O3S. The van der Waals surface area contributed by atoms with Gasteiger partial charge in [0.15, 0.2) is 0 Å². The Kier molecular flexibility index (Phi) is 7.57. The van der Waals surface area contributed by atoms with Crippen molar-refractivity contribution in [1.82, 2.24) is 0 Å². The van der Waals surface area contributed by atoms with Crippen LogP contribution in [-0.4, -0.2) is 17.7 Å². The minimum Gasteiger partial charge on any atom is -0.393 e. The highest BCUT2D eigenvalue weighted by Crippen LogP contribution is 2.08. The van der Waals surface area contributed by atoms with E-state index in [9.17, 15) is 9.59 Å². The molecular weight excluding hydrogens is 200 g/mol. The molecule has 0 spiro atoms. The van der Waals surface area contributed by atoms with Gasteiger partial charge in [0.2, 0.25) is 0 Å². The fourth-order valence-corrected chi connectivity index (χ4v) is 1.10. The molecule has 0 rings (SSSR count). The molecule has 0 saturated carbocycles. The monoisotopic (exact) mass is 218 g/mol. The third-order valence-electron chi connectivity index (χ3n) is 1.77. The number of ether oxygens (including phenoxy) is 1. The van der Waals surface area contributed by atoms with E-state index in [0.717, 1.165) is 19.3 Å². The lowest BCUT2D eigenvalue weighted by atomic mass is 10.1. The summed E-state index contributed by atoms with van der Waals surface area (Å²) in [6.07, 6.45) is 3.22. The molecule has 0 amide bonds. The van der Waals surface area contributed by atoms with Gasteiger partial charge >= 0.3 is 11.9 Å². The Morgan fingerprint density at radius 1 is 1.21 bits per heavy atom. The molecule has 0 heterocycles. The maximum absolute atomic E-state index is 11.0. The van der Waals surface area contributed by atoms with Crippen molar-refractivity contribution < 1.29 is 14.3 Å². The largest absolute Gasteiger partial charge is 0.393 e. The quantitative estimate of drug-likeness (QED) is 0.322. The lowest BCUT2D eigenvalue weighted by Crippen LogP contribution is -2.12. The summed E-state index contributed by atoms with van der Waals surface area (Å²) in [5, 5.41) is 0. The van der Waals surface area contributed by atoms with Gasteiger partial charge in [-0.1, -0.05) is 26.7 Å². The second kappa shape index (κ2) is 7.85. The fourth-order valence-electron chi connectivity index (χ4n) is 1.03. The van der Waals surface area contributed by atoms with Crippen molar-refractivity contribution in [1.29, 1.82) is 0 Å². The zero-order valence-electron chi connectivity index (χ0n) is 8.78. The Morgan fingerprint density at radius 3 is 2.36 bits per heavy atom. The van der Waals surface area contributed by atoms with Crippen LogP contribution in [0.3, 0.4) is 0 Å². The zero-order valence-corrected chi connectivity index (χ0v) is 9.68. The van der Waals surface area contributed by atoms with E-state index in [0.29, 0.717) is 12.3 Å². The summed E-state index contributed by atoms with van der Waals surface area (Å²) < 4.78 is 4.45. The first-order chi connectivity index (χ1) is 6.56. The standard InChI is InChI=1S/C10H18O3S/c1-8(2)5-3-4-6-9(11)13-10(12)7-14/h8,14H,3-7H2,1-2H3. The van der Waals surface area contributed by atoms with E-state index >= 15 is 0 Å². The van der Waals surface area contributed by atoms with Gasteiger partial charge < -0.3 is 4.74 Å². The number of esters is 2. The molecule has 0 saturated heterocycles. The molecule has 0 aliphatic heterocycles. The highest BCUT2D eigenvalue weighted by Gasteiger charge is 2.07. The van der Waals surface area contributed by atoms with Gasteiger partial charge in [0.25, 0.3) is 0 Å². The normalized spacial score (nSPS) is 10.3. The molecule has 82 valence electrons. The van der Waals surface area contributed by atoms with Crippen LogP contribution in [0.25, 0.3) is 0 Å². The summed E-state index contributed by atoms with van der Waals surface area (Å²) in [6.45, 7) is 4.28. The summed E-state index contributed by atoms with van der Waals surface area (Å²) in [7, 11) is 0. The molecule has 0 fully saturated rings. The zero-order chi connectivity index (χ0) is 11.0. The summed E-state index contributed by atoms with van der Waals surface area (Å²) in [4.78, 5) is 21.6. The van der Waals surface area contributed by atoms with E-state index < -0.39 is 11.9 Å². The third kappa shape index (κ3) is 8.10. The molecule has 0 aliphatic rings. The lowest BCUT2D eigenvalue weighted by Gasteiger charge is -2.03. The Bertz CT molecular complexity index is 190. The third-order valence-corrected chi connectivity index (χ3v) is 2.03. The van der Waals surface area contributed by atoms with Gasteiger partial charge in [0.1, 0.15) is 0 Å². The van der Waals surface area contributed by atoms with E-state index in [2.05, 4.69) is 31.2 Å². The summed E-state index contributed by atoms with van der Waals surface area (Å²) >= 11 is 3.70. The number of hydrogen-bond donors (Lipinski definition) is 1. The summed E-state index contributed by atoms with van der Waals surface area (Å²) in [5.74, 6) is -0.391. The SMILES string of the molecule is CC(C)CCCCC(=O)OC(=O)CS. The van der Waals surface area contributed by atoms with Crippen LogP contribution in [0.5, 0.6) is 0 Å². The van der Waals surface area contributed by atoms with Crippen LogP contribution in [0.15, 0.2) is 0 Å². The van der Waals surface area contributed by atoms with Gasteiger partial charge in [-0.15, -0.1) is 0 Å². The van der Waals surface area contributed by atoms with Crippen molar-refractivity contribution >= 4 is 24.6 Å². The van der Waals surface area contributed by atoms with Crippen molar-refractivity contribution in [2.45, 2.75) is 39.5 Å². The van der Waals surface area contributed by atoms with Gasteiger partial charge in [-0.05, 0) is 12.3 Å². The molecule has 0 N–H and O–H groups in total. The number of thiol groups is 1. The molecule has 0 radical (unpaired) electrons. The van der Waals surface area contributed by atoms with Crippen LogP contribution >= 0.6 is 12.6 Å². The molecule has 0 aliphatic carbocycles. The molecule has 14 heavy (non-hydrogen) atoms. The average Bonchev–Trinajstić information content (AvgIpc) is 2.12. The van der Waals surface area contributed by atoms with Crippen molar-refractivity contribution in [2.75, 3.05) is 5.75 Å². The Labute approximate surface area is 90.6 Å². The van der Waals surface area contributed by atoms with Gasteiger partial charge in [-0.3, -0.25) is 9.59 Å². The van der Waals surface area contributed by atoms with E-state index in [1.807, 2.05) is 0 Å². The van der Waals surface area contributed by atoms with E-state index in [-0.39, 0.29) is 5.75 Å². The van der Waals surface area contributed by atoms with Crippen LogP contribution in [-0.2, 0) is 14.3 Å². The van der Waals surface area contributed by atoms with Crippen LogP contribution in [0.4, 0.5) is 0 Å². The number of carbonyl (C=O) groups excluding carboxylic acids is 2. The molecule has 0 aromatic heterocycles. The number of unbranched alkanes of at least 4 members (excludes halogenated alkanes) is 1. The predicted octanol–water partition coefficient (Wildman–Crippen LogP) is 2.20. The fraction of sp³-hybridized carbons (Fsp3) is 0.800. The summed E-state index contributed by atoms with van der Waals surface area (Å²) in [6, 6.07) is 0. The molecule has 0 bridgehead atoms. The van der Waals surface area contributed by atoms with Crippen LogP contribution < -0.4 is 0 Å². The topological polar surface area (TPSA) is 43.4 Å². The minimum absolute atomic E-state index is 0.0439. The van der Waals surface area contributed by atoms with E-state index in [1.165, 1.54) is 0 Å². The first kappa shape index (κ1) is 13.5. The highest BCUT2D eigenvalue weighted by molar-refractivity contribution is 7.81. The Morgan fingerprint density at radius 2 is 1.86 bits per heavy atom. The second-order valence-corrected chi connectivity index (χ2v) is 3.96. The first-order valence-corrected chi connectivity index (χ1v) is 5.54. The lowest BCUT2D eigenvalue weighted by molar-refractivity contribution is -0.157. The smallest absolute Gasteiger partial charge is 0.323 e. The average molecular weight is 218 g/mol. The molecule has 0 aromatic carbocycles. The highest BCUT2D eigenvalue weighted by atomic mass is 32.1. The molecule has 0 atom stereocenters. The predicted molar refractivity (Wildman–Crippen MR) is 58.3 cm³/mol. The number of hydrogen-bond acceptors (Lipinski definition) is 4. The minimum atomic E-state index is -0.567. The summed E-state index contributed by atoms with van der Waals surface area (Å²) in [5.41, 5.74) is 0. The van der Waals surface area contributed by atoms with E-state index in [4.69, 9.17) is 0 Å². The van der Waals surface area contributed by atoms with Crippen molar-refractivity contribution in [3.63, 3.8) is 0 Å². The number of carbonyl (C=O) groups is 2. The Balaban J connectivity index is 3.40. The second-order valence-electron chi connectivity index (χ2n) is 3.64. The maximum Gasteiger partial charge on any atom is 0.323 e. The molecule has 3 nitrogen and oxygen atoms in total. The maximum atomic E-state index is 11.0. The van der Waals surface area contributed by atoms with Crippen molar-refractivity contribution in [3.05, 3.63) is 0 Å². The molecule has 0 aromatic rings. The number of rotatable bonds is 6. The molecule has 4 heteroatoms. The molecule has 0 unspecified atom stereocenters. The van der Waals surface area contributed by atoms with Crippen LogP contribution in [0, 0.1) is 5.92 Å². The van der Waals surface area contributed by atoms with Gasteiger partial charge in [0.05, 0.1) is 5.75 Å². The van der Waals surface area contributed by atoms with Crippen molar-refractivity contribution in [2.24, 2.45) is 5.92 Å². The van der Waals surface area contributed by atoms with Gasteiger partial charge in [-0.25, -0.2) is 0 Å².